The van der Waals surface area contributed by atoms with Gasteiger partial charge < -0.3 is 14.5 Å². The number of hydrogen-bond donors (Lipinski definition) is 3. The first-order chi connectivity index (χ1) is 18.8. The van der Waals surface area contributed by atoms with Crippen LogP contribution >= 0.6 is 0 Å². The Bertz CT molecular complexity index is 1640. The molecule has 2 aromatic heterocycles. The molecule has 1 fully saturated rings. The highest BCUT2D eigenvalue weighted by Gasteiger charge is 2.22. The van der Waals surface area contributed by atoms with Crippen molar-refractivity contribution >= 4 is 26.9 Å². The highest BCUT2D eigenvalue weighted by molar-refractivity contribution is 7.90. The third-order valence-corrected chi connectivity index (χ3v) is 7.42. The summed E-state index contributed by atoms with van der Waals surface area (Å²) < 4.78 is 54.9. The van der Waals surface area contributed by atoms with Crippen molar-refractivity contribution in [2.75, 3.05) is 37.9 Å². The van der Waals surface area contributed by atoms with E-state index in [1.54, 1.807) is 36.7 Å². The predicted molar refractivity (Wildman–Crippen MR) is 144 cm³/mol. The van der Waals surface area contributed by atoms with Crippen LogP contribution < -0.4 is 25.1 Å². The Hall–Kier alpha value is -3.91. The van der Waals surface area contributed by atoms with Gasteiger partial charge in [0.2, 0.25) is 0 Å². The molecule has 204 valence electrons. The van der Waals surface area contributed by atoms with Gasteiger partial charge in [-0.25, -0.2) is 23.9 Å². The number of nitrogens with zero attached hydrogens (tertiary/aromatic N) is 3. The van der Waals surface area contributed by atoms with Gasteiger partial charge in [0.25, 0.3) is 10.2 Å². The molecule has 2 aromatic carbocycles. The van der Waals surface area contributed by atoms with E-state index in [2.05, 4.69) is 29.6 Å². The standard InChI is InChI=1S/C26H27FN6O5S/c1-28-39(35,36)32-22-5-2-4-17(24(22)27)14-20-21(16-33-12-10-29-11-13-33)19-7-6-18(15-23(19)38-25(20)34)37-26-30-8-3-9-31-26/h2-9,15,28-29,32H,10-14,16H2,1H3. The fraction of sp³-hybridized carbons (Fsp3) is 0.269. The number of halogens is 1. The fourth-order valence-electron chi connectivity index (χ4n) is 4.42. The Morgan fingerprint density at radius 3 is 2.62 bits per heavy atom. The maximum absolute atomic E-state index is 15.4. The minimum Gasteiger partial charge on any atom is -0.424 e. The van der Waals surface area contributed by atoms with E-state index in [1.807, 2.05) is 0 Å². The van der Waals surface area contributed by atoms with Crippen molar-refractivity contribution in [3.8, 4) is 11.8 Å². The molecule has 0 saturated carbocycles. The van der Waals surface area contributed by atoms with E-state index in [9.17, 15) is 13.2 Å². The van der Waals surface area contributed by atoms with Crippen molar-refractivity contribution in [3.05, 3.63) is 87.8 Å². The second-order valence-corrected chi connectivity index (χ2v) is 10.5. The van der Waals surface area contributed by atoms with E-state index >= 15 is 4.39 Å². The number of nitrogens with one attached hydrogen (secondary N) is 3. The molecular weight excluding hydrogens is 527 g/mol. The molecule has 0 spiro atoms. The molecule has 0 atom stereocenters. The molecule has 0 bridgehead atoms. The average molecular weight is 555 g/mol. The number of ether oxygens (including phenoxy) is 1. The molecule has 13 heteroatoms. The Kier molecular flexibility index (Phi) is 7.84. The van der Waals surface area contributed by atoms with Gasteiger partial charge in [0.05, 0.1) is 5.69 Å². The lowest BCUT2D eigenvalue weighted by Crippen LogP contribution is -2.43. The Morgan fingerprint density at radius 2 is 1.87 bits per heavy atom. The Labute approximate surface area is 224 Å². The van der Waals surface area contributed by atoms with Crippen molar-refractivity contribution in [3.63, 3.8) is 0 Å². The van der Waals surface area contributed by atoms with Gasteiger partial charge in [-0.2, -0.15) is 8.42 Å². The van der Waals surface area contributed by atoms with E-state index in [0.29, 0.717) is 34.4 Å². The summed E-state index contributed by atoms with van der Waals surface area (Å²) in [4.78, 5) is 23.6. The van der Waals surface area contributed by atoms with Gasteiger partial charge in [0, 0.05) is 75.6 Å². The van der Waals surface area contributed by atoms with E-state index in [4.69, 9.17) is 9.15 Å². The number of benzene rings is 2. The molecule has 0 aliphatic carbocycles. The van der Waals surface area contributed by atoms with E-state index < -0.39 is 21.7 Å². The van der Waals surface area contributed by atoms with Crippen molar-refractivity contribution in [1.29, 1.82) is 0 Å². The monoisotopic (exact) mass is 554 g/mol. The quantitative estimate of drug-likeness (QED) is 0.266. The van der Waals surface area contributed by atoms with Crippen molar-refractivity contribution in [1.82, 2.24) is 24.9 Å². The van der Waals surface area contributed by atoms with Crippen LogP contribution in [0.3, 0.4) is 0 Å². The van der Waals surface area contributed by atoms with Crippen LogP contribution in [0.4, 0.5) is 10.1 Å². The zero-order valence-corrected chi connectivity index (χ0v) is 21.9. The summed E-state index contributed by atoms with van der Waals surface area (Å²) in [5.74, 6) is -0.371. The molecule has 1 saturated heterocycles. The molecular formula is C26H27FN6O5S. The van der Waals surface area contributed by atoms with Crippen LogP contribution in [0.15, 0.2) is 64.1 Å². The highest BCUT2D eigenvalue weighted by Crippen LogP contribution is 2.30. The van der Waals surface area contributed by atoms with Crippen LogP contribution in [0, 0.1) is 5.82 Å². The zero-order valence-electron chi connectivity index (χ0n) is 21.1. The van der Waals surface area contributed by atoms with Crippen LogP contribution in [0.2, 0.25) is 0 Å². The molecule has 4 aromatic rings. The van der Waals surface area contributed by atoms with E-state index in [-0.39, 0.29) is 23.7 Å². The molecule has 1 aliphatic rings. The van der Waals surface area contributed by atoms with Crippen molar-refractivity contribution in [2.45, 2.75) is 13.0 Å². The summed E-state index contributed by atoms with van der Waals surface area (Å²) in [6.07, 6.45) is 3.02. The van der Waals surface area contributed by atoms with Crippen LogP contribution in [-0.4, -0.2) is 56.5 Å². The van der Waals surface area contributed by atoms with Gasteiger partial charge in [-0.05, 0) is 35.4 Å². The predicted octanol–water partition coefficient (Wildman–Crippen LogP) is 2.39. The number of anilines is 1. The highest BCUT2D eigenvalue weighted by atomic mass is 32.2. The second-order valence-electron chi connectivity index (χ2n) is 8.93. The lowest BCUT2D eigenvalue weighted by molar-refractivity contribution is 0.233. The van der Waals surface area contributed by atoms with E-state index in [0.717, 1.165) is 26.2 Å². The lowest BCUT2D eigenvalue weighted by Gasteiger charge is -2.28. The summed E-state index contributed by atoms with van der Waals surface area (Å²) in [6.45, 7) is 3.64. The largest absolute Gasteiger partial charge is 0.424 e. The third kappa shape index (κ3) is 6.23. The smallest absolute Gasteiger partial charge is 0.340 e. The molecule has 0 radical (unpaired) electrons. The number of hydrogen-bond acceptors (Lipinski definition) is 9. The third-order valence-electron chi connectivity index (χ3n) is 6.39. The number of aromatic nitrogens is 2. The molecule has 3 heterocycles. The average Bonchev–Trinajstić information content (AvgIpc) is 2.93. The summed E-state index contributed by atoms with van der Waals surface area (Å²) in [7, 11) is -2.71. The van der Waals surface area contributed by atoms with Gasteiger partial charge in [0.1, 0.15) is 11.3 Å². The molecule has 3 N–H and O–H groups in total. The maximum Gasteiger partial charge on any atom is 0.340 e. The summed E-state index contributed by atoms with van der Waals surface area (Å²) in [5, 5.41) is 4.00. The summed E-state index contributed by atoms with van der Waals surface area (Å²) in [6, 6.07) is 11.3. The van der Waals surface area contributed by atoms with Crippen molar-refractivity contribution in [2.24, 2.45) is 0 Å². The van der Waals surface area contributed by atoms with Crippen LogP contribution in [0.5, 0.6) is 11.8 Å². The van der Waals surface area contributed by atoms with Crippen LogP contribution in [0.1, 0.15) is 16.7 Å². The van der Waals surface area contributed by atoms with Gasteiger partial charge in [-0.15, -0.1) is 0 Å². The number of fused-ring (bicyclic) bond motifs is 1. The molecule has 11 nitrogen and oxygen atoms in total. The number of piperazine rings is 1. The lowest BCUT2D eigenvalue weighted by atomic mass is 9.97. The van der Waals surface area contributed by atoms with Crippen molar-refractivity contribution < 1.29 is 22.0 Å². The summed E-state index contributed by atoms with van der Waals surface area (Å²) >= 11 is 0. The van der Waals surface area contributed by atoms with E-state index in [1.165, 1.54) is 25.2 Å². The molecule has 1 aliphatic heterocycles. The molecule has 0 unspecified atom stereocenters. The van der Waals surface area contributed by atoms with Gasteiger partial charge in [-0.1, -0.05) is 12.1 Å². The topological polar surface area (TPSA) is 139 Å². The molecule has 39 heavy (non-hydrogen) atoms. The minimum atomic E-state index is -3.93. The SMILES string of the molecule is CNS(=O)(=O)Nc1cccc(Cc2c(CN3CCNCC3)c3ccc(Oc4ncccn4)cc3oc2=O)c1F. The second kappa shape index (κ2) is 11.5. The first kappa shape index (κ1) is 26.7. The van der Waals surface area contributed by atoms with Crippen LogP contribution in [-0.2, 0) is 23.2 Å². The van der Waals surface area contributed by atoms with Gasteiger partial charge in [0.15, 0.2) is 5.82 Å². The van der Waals surface area contributed by atoms with Crippen LogP contribution in [0.25, 0.3) is 11.0 Å². The Morgan fingerprint density at radius 1 is 1.10 bits per heavy atom. The first-order valence-corrected chi connectivity index (χ1v) is 13.8. The van der Waals surface area contributed by atoms with Gasteiger partial charge >= 0.3 is 11.6 Å². The normalized spacial score (nSPS) is 14.4. The fourth-order valence-corrected chi connectivity index (χ4v) is 4.97. The molecule has 5 rings (SSSR count). The first-order valence-electron chi connectivity index (χ1n) is 12.3. The maximum atomic E-state index is 15.4. The summed E-state index contributed by atoms with van der Waals surface area (Å²) in [5.41, 5.74) is 0.654. The molecule has 0 amide bonds. The zero-order chi connectivity index (χ0) is 27.4. The number of rotatable bonds is 9. The minimum absolute atomic E-state index is 0.0865. The van der Waals surface area contributed by atoms with Gasteiger partial charge in [-0.3, -0.25) is 9.62 Å². The Balaban J connectivity index is 1.56.